The minimum atomic E-state index is -2.23. The van der Waals surface area contributed by atoms with Crippen LogP contribution in [0.5, 0.6) is 23.0 Å². The van der Waals surface area contributed by atoms with Crippen LogP contribution in [0.1, 0.15) is 277 Å². The van der Waals surface area contributed by atoms with Crippen molar-refractivity contribution in [1.29, 1.82) is 0 Å². The number of Topliss-reactive ketones (excluding diaryl/α,β-unsaturated/α-hetero) is 1. The summed E-state index contributed by atoms with van der Waals surface area (Å²) >= 11 is 1.74. The highest BCUT2D eigenvalue weighted by atomic mass is 32.2. The minimum Gasteiger partial charge on any atom is -0.497 e. The molecule has 19 heteroatoms. The Hall–Kier alpha value is -8.23. The van der Waals surface area contributed by atoms with Gasteiger partial charge in [0.15, 0.2) is 11.4 Å². The first-order chi connectivity index (χ1) is 55.4. The van der Waals surface area contributed by atoms with E-state index >= 15 is 0 Å². The summed E-state index contributed by atoms with van der Waals surface area (Å²) in [6.45, 7) is 31.4. The lowest BCUT2D eigenvalue weighted by molar-refractivity contribution is -0.258. The lowest BCUT2D eigenvalue weighted by Crippen LogP contribution is -2.42. The van der Waals surface area contributed by atoms with Gasteiger partial charge >= 0.3 is 36.3 Å². The van der Waals surface area contributed by atoms with Gasteiger partial charge in [0.1, 0.15) is 48.4 Å². The Bertz CT molecular complexity index is 4340. The lowest BCUT2D eigenvalue weighted by Gasteiger charge is -2.47. The second-order valence-electron chi connectivity index (χ2n) is 33.3. The van der Waals surface area contributed by atoms with Crippen molar-refractivity contribution in [1.82, 2.24) is 0 Å². The third kappa shape index (κ3) is 21.8. The van der Waals surface area contributed by atoms with E-state index in [0.717, 1.165) is 134 Å². The molecule has 1 spiro atoms. The molecule has 0 N–H and O–H groups in total. The Labute approximate surface area is 694 Å². The number of fused-ring (bicyclic) bond motifs is 10. The number of unbranched alkanes of at least 4 members (excludes halogenated alkanes) is 2. The van der Waals surface area contributed by atoms with Gasteiger partial charge in [0.2, 0.25) is 0 Å². The van der Waals surface area contributed by atoms with E-state index in [9.17, 15) is 28.8 Å². The summed E-state index contributed by atoms with van der Waals surface area (Å²) in [7, 11) is 3.39. The molecule has 1 saturated carbocycles. The first kappa shape index (κ1) is 91.7. The summed E-state index contributed by atoms with van der Waals surface area (Å²) in [5, 5.41) is 2.04. The molecule has 116 heavy (non-hydrogen) atoms. The number of rotatable bonds is 46. The number of carbonyl (C=O) groups is 6. The predicted octanol–water partition coefficient (Wildman–Crippen LogP) is 22.3. The highest BCUT2D eigenvalue weighted by Crippen LogP contribution is 2.65. The molecule has 0 amide bonds. The van der Waals surface area contributed by atoms with Crippen LogP contribution >= 0.6 is 11.8 Å². The number of hydrogen-bond donors (Lipinski definition) is 0. The van der Waals surface area contributed by atoms with Gasteiger partial charge < -0.3 is 56.8 Å². The van der Waals surface area contributed by atoms with Crippen molar-refractivity contribution >= 4 is 64.2 Å². The monoisotopic (exact) mass is 1610 g/mol. The fourth-order valence-corrected chi connectivity index (χ4v) is 17.5. The van der Waals surface area contributed by atoms with E-state index in [2.05, 4.69) is 136 Å². The first-order valence-electron chi connectivity index (χ1n) is 42.7. The van der Waals surface area contributed by atoms with Crippen molar-refractivity contribution in [3.63, 3.8) is 0 Å². The second-order valence-corrected chi connectivity index (χ2v) is 34.4. The molecule has 1 fully saturated rings. The number of ketones is 1. The molecule has 1 heterocycles. The van der Waals surface area contributed by atoms with Crippen LogP contribution in [0, 0.1) is 31.1 Å². The van der Waals surface area contributed by atoms with Gasteiger partial charge in [-0.2, -0.15) is 0 Å². The smallest absolute Gasteiger partial charge is 0.412 e. The summed E-state index contributed by atoms with van der Waals surface area (Å²) in [5.41, 5.74) is 6.98. The normalized spacial score (nSPS) is 17.9. The molecular weight excluding hydrogens is 1490 g/mol. The van der Waals surface area contributed by atoms with Crippen LogP contribution in [-0.2, 0) is 77.7 Å². The fraction of sp³-hybridized carbons (Fsp3) is 0.567. The number of aryl methyl sites for hydroxylation is 2. The Kier molecular flexibility index (Phi) is 32.4. The topological polar surface area (TPSA) is 213 Å². The van der Waals surface area contributed by atoms with Gasteiger partial charge in [0, 0.05) is 50.6 Å². The standard InChI is InChI=1S/C97H130O18S/c1-19-27-51-91(13,21-3)108-62-67(11)93(15,23-5)110-64-71(98)40-45-82(100)111-90(113-84(102)48-49-85(103)114-94(16,24-6)68(12)63-109-92(14,22-4)52-28-20-2)112-83(101)47-46-81(99)107-59-58-106-73-43-38-70(39-44-73)97(69-36-41-72(104-17)42-37-69)53-50-75-87-86(74-34-29-30-35-78(74)96(87)56-54-95(25-7,26-8)55-57-96)76-61-80(79(105-18)60-77(76)88(75)115-97)116-89-65(9)32-31-33-66(89)10/h29-39,41-44,50,53,60-61,67-68,90H,19-28,40,45-49,51-52,54-59,62-64H2,1-18H3. The van der Waals surface area contributed by atoms with Crippen LogP contribution in [-0.4, -0.2) is 112 Å². The van der Waals surface area contributed by atoms with Gasteiger partial charge in [-0.1, -0.05) is 192 Å². The lowest BCUT2D eigenvalue weighted by atomic mass is 9.58. The summed E-state index contributed by atoms with van der Waals surface area (Å²) in [6.07, 6.45) is 17.0. The van der Waals surface area contributed by atoms with Crippen molar-refractivity contribution in [2.45, 2.75) is 302 Å². The molecule has 8 unspecified atom stereocenters. The van der Waals surface area contributed by atoms with Crippen molar-refractivity contribution in [2.75, 3.05) is 47.3 Å². The molecule has 3 aliphatic rings. The van der Waals surface area contributed by atoms with Crippen LogP contribution in [0.15, 0.2) is 119 Å². The van der Waals surface area contributed by atoms with Gasteiger partial charge in [-0.3, -0.25) is 28.8 Å². The Morgan fingerprint density at radius 1 is 0.552 bits per heavy atom. The van der Waals surface area contributed by atoms with E-state index < -0.39 is 91.0 Å². The molecule has 0 radical (unpaired) electrons. The van der Waals surface area contributed by atoms with Crippen LogP contribution in [0.4, 0.5) is 0 Å². The molecule has 18 nitrogen and oxygen atoms in total. The summed E-state index contributed by atoms with van der Waals surface area (Å²) in [5.74, 6) is -2.56. The van der Waals surface area contributed by atoms with Gasteiger partial charge in [0.05, 0.1) is 81.2 Å². The van der Waals surface area contributed by atoms with Gasteiger partial charge in [-0.05, 0) is 192 Å². The maximum Gasteiger partial charge on any atom is 0.412 e. The molecule has 0 bridgehead atoms. The van der Waals surface area contributed by atoms with E-state index in [4.69, 9.17) is 56.8 Å². The Balaban J connectivity index is 0.875. The van der Waals surface area contributed by atoms with Crippen LogP contribution in [0.3, 0.4) is 0 Å². The molecular formula is C97H130O18S. The van der Waals surface area contributed by atoms with Crippen LogP contribution in [0.25, 0.3) is 28.0 Å². The van der Waals surface area contributed by atoms with Crippen molar-refractivity contribution in [3.05, 3.63) is 148 Å². The average molecular weight is 1620 g/mol. The largest absolute Gasteiger partial charge is 0.497 e. The maximum absolute atomic E-state index is 13.5. The summed E-state index contributed by atoms with van der Waals surface area (Å²) < 4.78 is 73.0. The zero-order valence-corrected chi connectivity index (χ0v) is 73.4. The molecule has 1 aliphatic heterocycles. The predicted molar refractivity (Wildman–Crippen MR) is 455 cm³/mol. The molecule has 0 saturated heterocycles. The van der Waals surface area contributed by atoms with Gasteiger partial charge in [0.25, 0.3) is 0 Å². The Morgan fingerprint density at radius 3 is 1.62 bits per heavy atom. The van der Waals surface area contributed by atoms with Crippen molar-refractivity contribution in [2.24, 2.45) is 17.3 Å². The molecule has 9 rings (SSSR count). The van der Waals surface area contributed by atoms with Gasteiger partial charge in [-0.25, -0.2) is 0 Å². The molecule has 6 aromatic rings. The minimum absolute atomic E-state index is 0.0457. The fourth-order valence-electron chi connectivity index (χ4n) is 16.4. The Morgan fingerprint density at radius 2 is 1.09 bits per heavy atom. The SMILES string of the molecule is CCCCC(C)(CC)OCC(C)C(C)(CC)OCC(=O)CCC(=O)OC(OC(=O)CCC(=O)OCCOc1ccc(C2(c3ccc(OC)cc3)C=Cc3c4c(c5cc(Sc6c(C)cccc6C)c(OC)cc5c3O2)-c2ccccc2C42CCC(CC)(CC)CC2)cc1)OC(=O)CCC(=O)OC(C)(CC)C(C)COC(C)(CC)CCCC. The highest BCUT2D eigenvalue weighted by molar-refractivity contribution is 7.99. The highest BCUT2D eigenvalue weighted by Gasteiger charge is 2.52. The van der Waals surface area contributed by atoms with Crippen LogP contribution in [0.2, 0.25) is 0 Å². The van der Waals surface area contributed by atoms with Gasteiger partial charge in [-0.15, -0.1) is 0 Å². The maximum atomic E-state index is 13.5. The third-order valence-corrected chi connectivity index (χ3v) is 27.3. The van der Waals surface area contributed by atoms with E-state index in [1.54, 1.807) is 26.0 Å². The zero-order chi connectivity index (χ0) is 84.2. The van der Waals surface area contributed by atoms with E-state index in [0.29, 0.717) is 37.6 Å². The molecule has 8 atom stereocenters. The molecule has 2 aliphatic carbocycles. The van der Waals surface area contributed by atoms with E-state index in [-0.39, 0.29) is 60.1 Å². The summed E-state index contributed by atoms with van der Waals surface area (Å²) in [6, 6.07) is 35.7. The van der Waals surface area contributed by atoms with E-state index in [1.165, 1.54) is 38.3 Å². The van der Waals surface area contributed by atoms with Crippen molar-refractivity contribution < 1.29 is 85.6 Å². The third-order valence-electron chi connectivity index (χ3n) is 26.0. The number of ether oxygens (including phenoxy) is 12. The van der Waals surface area contributed by atoms with E-state index in [1.807, 2.05) is 90.1 Å². The number of methoxy groups -OCH3 is 2. The number of hydrogen-bond acceptors (Lipinski definition) is 19. The number of esters is 5. The zero-order valence-electron chi connectivity index (χ0n) is 72.6. The molecule has 0 aromatic heterocycles. The average Bonchev–Trinajstić information content (AvgIpc) is 1.51. The molecule has 632 valence electrons. The first-order valence-corrected chi connectivity index (χ1v) is 43.5. The number of benzene rings is 6. The summed E-state index contributed by atoms with van der Waals surface area (Å²) in [4.78, 5) is 82.8. The van der Waals surface area contributed by atoms with Crippen molar-refractivity contribution in [3.8, 4) is 34.1 Å². The second kappa shape index (κ2) is 41.0. The quantitative estimate of drug-likeness (QED) is 0.0150. The molecule has 6 aromatic carbocycles. The van der Waals surface area contributed by atoms with Crippen LogP contribution < -0.4 is 18.9 Å². The number of carbonyl (C=O) groups excluding carboxylic acids is 6.